The van der Waals surface area contributed by atoms with Crippen LogP contribution in [0.1, 0.15) is 31.2 Å². The fraction of sp³-hybridized carbons (Fsp3) is 0.241. The first-order valence-corrected chi connectivity index (χ1v) is 12.3. The van der Waals surface area contributed by atoms with E-state index in [-0.39, 0.29) is 47.4 Å². The first kappa shape index (κ1) is 23.7. The smallest absolute Gasteiger partial charge is 0.269 e. The molecule has 6 rings (SSSR count). The number of carbonyl (C=O) groups excluding carboxylic acids is 4. The Kier molecular flexibility index (Phi) is 5.27. The number of carbonyl (C=O) groups is 4. The molecule has 4 atom stereocenters. The number of hydrogen-bond acceptors (Lipinski definition) is 7. The molecule has 1 aliphatic heterocycles. The van der Waals surface area contributed by atoms with Crippen molar-refractivity contribution >= 4 is 34.8 Å². The van der Waals surface area contributed by atoms with Crippen molar-refractivity contribution < 1.29 is 29.2 Å². The normalized spacial score (nSPS) is 26.5. The lowest BCUT2D eigenvalue weighted by molar-refractivity contribution is -0.384. The molecule has 1 heterocycles. The standard InChI is InChI=1S/C29H22N2O7/c1-14-11-23(33)22-13-21-19(24(26(22)27(14)34)15-3-2-4-18(32)12-15)9-10-20-25(21)29(36)30(28(20)35)16-5-7-17(8-6-16)31(37)38/h2-9,11-12,20-21,24-25,32H,10,13H2,1H3/t20-,21+,24-,25-/m0/s1. The average molecular weight is 511 g/mol. The Labute approximate surface area is 216 Å². The second kappa shape index (κ2) is 8.44. The van der Waals surface area contributed by atoms with Gasteiger partial charge in [0, 0.05) is 34.8 Å². The first-order valence-electron chi connectivity index (χ1n) is 12.3. The van der Waals surface area contributed by atoms with Crippen LogP contribution in [0.15, 0.2) is 83.0 Å². The first-order chi connectivity index (χ1) is 18.2. The van der Waals surface area contributed by atoms with Gasteiger partial charge in [0.2, 0.25) is 11.8 Å². The van der Waals surface area contributed by atoms with Gasteiger partial charge < -0.3 is 5.11 Å². The number of rotatable bonds is 3. The van der Waals surface area contributed by atoms with Crippen LogP contribution in [-0.2, 0) is 19.2 Å². The molecule has 0 radical (unpaired) electrons. The van der Waals surface area contributed by atoms with Crippen LogP contribution in [0.5, 0.6) is 5.75 Å². The molecule has 0 aromatic heterocycles. The van der Waals surface area contributed by atoms with Crippen molar-refractivity contribution in [3.8, 4) is 5.75 Å². The van der Waals surface area contributed by atoms with E-state index < -0.39 is 34.5 Å². The lowest BCUT2D eigenvalue weighted by Gasteiger charge is -2.42. The number of allylic oxidation sites excluding steroid dienone is 6. The zero-order valence-corrected chi connectivity index (χ0v) is 20.3. The van der Waals surface area contributed by atoms with Crippen LogP contribution in [-0.4, -0.2) is 33.4 Å². The van der Waals surface area contributed by atoms with Crippen LogP contribution in [0.4, 0.5) is 11.4 Å². The molecule has 9 heteroatoms. The molecule has 2 aromatic carbocycles. The van der Waals surface area contributed by atoms with Crippen LogP contribution in [0.2, 0.25) is 0 Å². The monoisotopic (exact) mass is 510 g/mol. The number of hydrogen-bond donors (Lipinski definition) is 1. The Balaban J connectivity index is 1.45. The zero-order chi connectivity index (χ0) is 26.9. The maximum atomic E-state index is 13.8. The minimum absolute atomic E-state index is 0.0133. The van der Waals surface area contributed by atoms with Crippen molar-refractivity contribution in [1.82, 2.24) is 0 Å². The van der Waals surface area contributed by atoms with Crippen LogP contribution in [0.3, 0.4) is 0 Å². The number of phenolic OH excluding ortho intramolecular Hbond substituents is 1. The van der Waals surface area contributed by atoms with Gasteiger partial charge in [0.15, 0.2) is 11.6 Å². The molecule has 0 saturated carbocycles. The lowest BCUT2D eigenvalue weighted by Crippen LogP contribution is -2.39. The third-order valence-electron chi connectivity index (χ3n) is 8.09. The van der Waals surface area contributed by atoms with Gasteiger partial charge in [0.05, 0.1) is 22.4 Å². The number of fused-ring (bicyclic) bond motifs is 3. The number of anilines is 1. The van der Waals surface area contributed by atoms with Crippen molar-refractivity contribution in [2.75, 3.05) is 4.90 Å². The van der Waals surface area contributed by atoms with Crippen molar-refractivity contribution in [2.24, 2.45) is 17.8 Å². The van der Waals surface area contributed by atoms with Gasteiger partial charge in [-0.3, -0.25) is 34.2 Å². The topological polar surface area (TPSA) is 135 Å². The molecule has 9 nitrogen and oxygen atoms in total. The average Bonchev–Trinajstić information content (AvgIpc) is 3.15. The van der Waals surface area contributed by atoms with Crippen molar-refractivity contribution in [2.45, 2.75) is 25.7 Å². The van der Waals surface area contributed by atoms with Gasteiger partial charge in [-0.1, -0.05) is 23.8 Å². The Morgan fingerprint density at radius 3 is 2.42 bits per heavy atom. The zero-order valence-electron chi connectivity index (χ0n) is 20.3. The van der Waals surface area contributed by atoms with Gasteiger partial charge in [-0.05, 0) is 61.6 Å². The van der Waals surface area contributed by atoms with Gasteiger partial charge >= 0.3 is 0 Å². The molecule has 2 aromatic rings. The van der Waals surface area contributed by atoms with Crippen molar-refractivity contribution in [3.63, 3.8) is 0 Å². The Bertz CT molecular complexity index is 1560. The number of Topliss-reactive ketones (excluding diaryl/α,β-unsaturated/α-hetero) is 1. The molecule has 2 amide bonds. The number of benzene rings is 2. The Morgan fingerprint density at radius 2 is 1.74 bits per heavy atom. The molecule has 1 fully saturated rings. The van der Waals surface area contributed by atoms with Crippen LogP contribution < -0.4 is 4.90 Å². The van der Waals surface area contributed by atoms with Gasteiger partial charge in [-0.25, -0.2) is 0 Å². The summed E-state index contributed by atoms with van der Waals surface area (Å²) < 4.78 is 0. The SMILES string of the molecule is CC1=CC(=O)C2=C(C1=O)[C@@H](c1cccc(O)c1)C1=CC[C@@H]3C(=O)N(c4ccc([N+](=O)[O-])cc4)C(=O)[C@@H]3[C@@H]1C2. The summed E-state index contributed by atoms with van der Waals surface area (Å²) in [5.74, 6) is -3.85. The number of non-ortho nitro benzene ring substituents is 1. The quantitative estimate of drug-likeness (QED) is 0.217. The molecular weight excluding hydrogens is 488 g/mol. The summed E-state index contributed by atoms with van der Waals surface area (Å²) in [6.07, 6.45) is 3.65. The van der Waals surface area contributed by atoms with E-state index in [1.807, 2.05) is 6.08 Å². The molecule has 3 aliphatic carbocycles. The molecule has 0 unspecified atom stereocenters. The maximum absolute atomic E-state index is 13.8. The number of aromatic hydroxyl groups is 1. The van der Waals surface area contributed by atoms with Crippen molar-refractivity contribution in [1.29, 1.82) is 0 Å². The van der Waals surface area contributed by atoms with E-state index in [9.17, 15) is 34.4 Å². The molecule has 190 valence electrons. The highest BCUT2D eigenvalue weighted by atomic mass is 16.6. The minimum atomic E-state index is -0.749. The largest absolute Gasteiger partial charge is 0.508 e. The molecule has 4 aliphatic rings. The summed E-state index contributed by atoms with van der Waals surface area (Å²) in [7, 11) is 0. The third kappa shape index (κ3) is 3.38. The Hall–Kier alpha value is -4.66. The number of imide groups is 1. The predicted octanol–water partition coefficient (Wildman–Crippen LogP) is 3.93. The second-order valence-electron chi connectivity index (χ2n) is 10.1. The predicted molar refractivity (Wildman–Crippen MR) is 135 cm³/mol. The third-order valence-corrected chi connectivity index (χ3v) is 8.09. The summed E-state index contributed by atoms with van der Waals surface area (Å²) in [4.78, 5) is 65.3. The fourth-order valence-corrected chi connectivity index (χ4v) is 6.42. The molecule has 1 N–H and O–H groups in total. The van der Waals surface area contributed by atoms with Crippen LogP contribution >= 0.6 is 0 Å². The number of nitrogens with zero attached hydrogens (tertiary/aromatic N) is 2. The second-order valence-corrected chi connectivity index (χ2v) is 10.1. The lowest BCUT2D eigenvalue weighted by atomic mass is 9.59. The molecular formula is C29H22N2O7. The van der Waals surface area contributed by atoms with E-state index in [0.717, 1.165) is 10.5 Å². The number of phenols is 1. The highest BCUT2D eigenvalue weighted by Crippen LogP contribution is 2.55. The van der Waals surface area contributed by atoms with Gasteiger partial charge in [-0.2, -0.15) is 0 Å². The summed E-state index contributed by atoms with van der Waals surface area (Å²) in [6, 6.07) is 11.8. The van der Waals surface area contributed by atoms with Gasteiger partial charge in [-0.15, -0.1) is 0 Å². The van der Waals surface area contributed by atoms with E-state index in [2.05, 4.69) is 0 Å². The highest BCUT2D eigenvalue weighted by Gasteiger charge is 2.56. The molecule has 0 spiro atoms. The van der Waals surface area contributed by atoms with E-state index in [1.54, 1.807) is 25.1 Å². The molecule has 1 saturated heterocycles. The maximum Gasteiger partial charge on any atom is 0.269 e. The number of ketones is 2. The van der Waals surface area contributed by atoms with E-state index >= 15 is 0 Å². The van der Waals surface area contributed by atoms with Gasteiger partial charge in [0.1, 0.15) is 5.75 Å². The van der Waals surface area contributed by atoms with Gasteiger partial charge in [0.25, 0.3) is 5.69 Å². The summed E-state index contributed by atoms with van der Waals surface area (Å²) >= 11 is 0. The summed E-state index contributed by atoms with van der Waals surface area (Å²) in [5, 5.41) is 21.3. The van der Waals surface area contributed by atoms with Crippen LogP contribution in [0.25, 0.3) is 0 Å². The van der Waals surface area contributed by atoms with Crippen molar-refractivity contribution in [3.05, 3.63) is 98.7 Å². The molecule has 0 bridgehead atoms. The minimum Gasteiger partial charge on any atom is -0.508 e. The highest BCUT2D eigenvalue weighted by molar-refractivity contribution is 6.25. The van der Waals surface area contributed by atoms with Crippen LogP contribution in [0, 0.1) is 27.9 Å². The molecule has 38 heavy (non-hydrogen) atoms. The number of amides is 2. The van der Waals surface area contributed by atoms with E-state index in [0.29, 0.717) is 22.3 Å². The number of nitro groups is 1. The number of nitro benzene ring substituents is 1. The van der Waals surface area contributed by atoms with E-state index in [1.165, 1.54) is 36.4 Å². The Morgan fingerprint density at radius 1 is 1.00 bits per heavy atom. The van der Waals surface area contributed by atoms with E-state index in [4.69, 9.17) is 0 Å². The summed E-state index contributed by atoms with van der Waals surface area (Å²) in [6.45, 7) is 1.60. The fourth-order valence-electron chi connectivity index (χ4n) is 6.42. The summed E-state index contributed by atoms with van der Waals surface area (Å²) in [5.41, 5.74) is 2.56.